The topological polar surface area (TPSA) is 107 Å². The van der Waals surface area contributed by atoms with E-state index >= 15 is 0 Å². The first-order chi connectivity index (χ1) is 7.88. The summed E-state index contributed by atoms with van der Waals surface area (Å²) in [6.45, 7) is 3.45. The average Bonchev–Trinajstić information content (AvgIpc) is 2.25. The lowest BCUT2D eigenvalue weighted by atomic mass is 10.1. The Morgan fingerprint density at radius 1 is 1.47 bits per heavy atom. The maximum absolute atomic E-state index is 11.7. The van der Waals surface area contributed by atoms with Crippen LogP contribution in [0.3, 0.4) is 0 Å². The number of carboxylic acids is 1. The number of hydrogen-bond acceptors (Lipinski definition) is 4. The van der Waals surface area contributed by atoms with Gasteiger partial charge in [-0.25, -0.2) is 8.42 Å². The first kappa shape index (κ1) is 15.9. The minimum atomic E-state index is -3.89. The van der Waals surface area contributed by atoms with Gasteiger partial charge in [0.1, 0.15) is 6.04 Å². The zero-order valence-electron chi connectivity index (χ0n) is 10.0. The largest absolute Gasteiger partial charge is 0.480 e. The van der Waals surface area contributed by atoms with Gasteiger partial charge in [-0.05, 0) is 12.8 Å². The van der Waals surface area contributed by atoms with Crippen molar-refractivity contribution in [2.24, 2.45) is 0 Å². The lowest BCUT2D eigenvalue weighted by Crippen LogP contribution is -2.44. The number of unbranched alkanes of at least 4 members (excludes halogenated alkanes) is 1. The molecule has 0 aliphatic carbocycles. The fourth-order valence-electron chi connectivity index (χ4n) is 1.30. The molecule has 0 spiro atoms. The fraction of sp³-hybridized carbons (Fsp3) is 0.800. The predicted octanol–water partition coefficient (Wildman–Crippen LogP) is 0.851. The van der Waals surface area contributed by atoms with Crippen molar-refractivity contribution in [3.8, 4) is 6.07 Å². The first-order valence-corrected chi connectivity index (χ1v) is 7.07. The maximum atomic E-state index is 11.7. The minimum absolute atomic E-state index is 0.131. The van der Waals surface area contributed by atoms with Crippen molar-refractivity contribution in [3.05, 3.63) is 0 Å². The monoisotopic (exact) mass is 262 g/mol. The molecule has 0 aliphatic rings. The van der Waals surface area contributed by atoms with E-state index in [9.17, 15) is 13.2 Å². The summed E-state index contributed by atoms with van der Waals surface area (Å²) in [5.74, 6) is -1.21. The van der Waals surface area contributed by atoms with Crippen molar-refractivity contribution in [2.45, 2.75) is 50.8 Å². The summed E-state index contributed by atoms with van der Waals surface area (Å²) in [6.07, 6.45) is 1.75. The van der Waals surface area contributed by atoms with Gasteiger partial charge in [0, 0.05) is 0 Å². The van der Waals surface area contributed by atoms with Crippen LogP contribution in [0.15, 0.2) is 0 Å². The SMILES string of the molecule is CCCC[C@H](NS(=O)(=O)C(C#N)CC)C(=O)O. The number of carbonyl (C=O) groups is 1. The molecule has 98 valence electrons. The van der Waals surface area contributed by atoms with Crippen LogP contribution in [-0.2, 0) is 14.8 Å². The Bertz CT molecular complexity index is 386. The average molecular weight is 262 g/mol. The number of hydrogen-bond donors (Lipinski definition) is 2. The van der Waals surface area contributed by atoms with Gasteiger partial charge in [-0.1, -0.05) is 26.7 Å². The van der Waals surface area contributed by atoms with Crippen LogP contribution >= 0.6 is 0 Å². The summed E-state index contributed by atoms with van der Waals surface area (Å²) in [7, 11) is -3.89. The highest BCUT2D eigenvalue weighted by molar-refractivity contribution is 7.90. The third kappa shape index (κ3) is 5.15. The summed E-state index contributed by atoms with van der Waals surface area (Å²) in [5, 5.41) is 16.4. The van der Waals surface area contributed by atoms with Gasteiger partial charge in [0.25, 0.3) is 0 Å². The normalized spacial score (nSPS) is 14.9. The van der Waals surface area contributed by atoms with Gasteiger partial charge in [-0.2, -0.15) is 9.98 Å². The Labute approximate surface area is 102 Å². The van der Waals surface area contributed by atoms with Gasteiger partial charge in [0.2, 0.25) is 10.0 Å². The molecule has 2 N–H and O–H groups in total. The Morgan fingerprint density at radius 2 is 2.06 bits per heavy atom. The number of aliphatic carboxylic acids is 1. The molecule has 7 heteroatoms. The predicted molar refractivity (Wildman–Crippen MR) is 62.7 cm³/mol. The molecule has 0 bridgehead atoms. The van der Waals surface area contributed by atoms with Crippen LogP contribution in [0.25, 0.3) is 0 Å². The number of sulfonamides is 1. The van der Waals surface area contributed by atoms with Crippen molar-refractivity contribution in [2.75, 3.05) is 0 Å². The molecule has 0 aromatic heterocycles. The van der Waals surface area contributed by atoms with E-state index in [-0.39, 0.29) is 12.8 Å². The molecule has 0 saturated carbocycles. The van der Waals surface area contributed by atoms with Gasteiger partial charge >= 0.3 is 5.97 Å². The van der Waals surface area contributed by atoms with Gasteiger partial charge < -0.3 is 5.11 Å². The van der Waals surface area contributed by atoms with E-state index in [0.717, 1.165) is 6.42 Å². The van der Waals surface area contributed by atoms with Gasteiger partial charge in [0.15, 0.2) is 5.25 Å². The second-order valence-electron chi connectivity index (χ2n) is 3.72. The molecular formula is C10H18N2O4S. The second-order valence-corrected chi connectivity index (χ2v) is 5.62. The summed E-state index contributed by atoms with van der Waals surface area (Å²) in [5.41, 5.74) is 0. The van der Waals surface area contributed by atoms with Crippen molar-refractivity contribution >= 4 is 16.0 Å². The van der Waals surface area contributed by atoms with E-state index in [2.05, 4.69) is 4.72 Å². The van der Waals surface area contributed by atoms with Gasteiger partial charge in [0.05, 0.1) is 6.07 Å². The highest BCUT2D eigenvalue weighted by Gasteiger charge is 2.29. The lowest BCUT2D eigenvalue weighted by Gasteiger charge is -2.16. The van der Waals surface area contributed by atoms with Crippen LogP contribution in [0.5, 0.6) is 0 Å². The van der Waals surface area contributed by atoms with Crippen molar-refractivity contribution < 1.29 is 18.3 Å². The van der Waals surface area contributed by atoms with E-state index in [4.69, 9.17) is 10.4 Å². The molecule has 6 nitrogen and oxygen atoms in total. The van der Waals surface area contributed by atoms with Crippen LogP contribution < -0.4 is 4.72 Å². The molecule has 0 aromatic carbocycles. The summed E-state index contributed by atoms with van der Waals surface area (Å²) in [4.78, 5) is 10.9. The summed E-state index contributed by atoms with van der Waals surface area (Å²) in [6, 6.07) is 0.498. The zero-order chi connectivity index (χ0) is 13.5. The van der Waals surface area contributed by atoms with Crippen LogP contribution in [0.4, 0.5) is 0 Å². The van der Waals surface area contributed by atoms with Crippen LogP contribution in [-0.4, -0.2) is 30.8 Å². The number of nitriles is 1. The molecule has 0 heterocycles. The van der Waals surface area contributed by atoms with E-state index in [0.29, 0.717) is 6.42 Å². The molecule has 2 atom stereocenters. The van der Waals surface area contributed by atoms with Crippen LogP contribution in [0.1, 0.15) is 39.5 Å². The smallest absolute Gasteiger partial charge is 0.321 e. The molecule has 0 amide bonds. The molecule has 1 unspecified atom stereocenters. The molecular weight excluding hydrogens is 244 g/mol. The highest BCUT2D eigenvalue weighted by Crippen LogP contribution is 2.08. The van der Waals surface area contributed by atoms with Crippen molar-refractivity contribution in [1.29, 1.82) is 5.26 Å². The number of nitrogens with zero attached hydrogens (tertiary/aromatic N) is 1. The number of rotatable bonds is 8. The molecule has 0 fully saturated rings. The maximum Gasteiger partial charge on any atom is 0.321 e. The zero-order valence-corrected chi connectivity index (χ0v) is 10.8. The Hall–Kier alpha value is -1.13. The molecule has 0 aliphatic heterocycles. The summed E-state index contributed by atoms with van der Waals surface area (Å²) >= 11 is 0. The van der Waals surface area contributed by atoms with Gasteiger partial charge in [-0.3, -0.25) is 4.79 Å². The first-order valence-electron chi connectivity index (χ1n) is 5.52. The van der Waals surface area contributed by atoms with E-state index in [1.165, 1.54) is 0 Å². The number of nitrogens with one attached hydrogen (secondary N) is 1. The Balaban J connectivity index is 4.76. The second kappa shape index (κ2) is 7.25. The molecule has 0 rings (SSSR count). The highest BCUT2D eigenvalue weighted by atomic mass is 32.2. The summed E-state index contributed by atoms with van der Waals surface area (Å²) < 4.78 is 25.4. The minimum Gasteiger partial charge on any atom is -0.480 e. The van der Waals surface area contributed by atoms with Crippen LogP contribution in [0.2, 0.25) is 0 Å². The standard InChI is InChI=1S/C10H18N2O4S/c1-3-5-6-9(10(13)14)12-17(15,16)8(4-2)7-11/h8-9,12H,3-6H2,1-2H3,(H,13,14)/t8?,9-/m0/s1. The molecule has 0 aromatic rings. The van der Waals surface area contributed by atoms with Crippen LogP contribution in [0, 0.1) is 11.3 Å². The van der Waals surface area contributed by atoms with Crippen molar-refractivity contribution in [3.63, 3.8) is 0 Å². The quantitative estimate of drug-likeness (QED) is 0.674. The molecule has 0 saturated heterocycles. The lowest BCUT2D eigenvalue weighted by molar-refractivity contribution is -0.139. The number of carboxylic acid groups (broad SMARTS) is 1. The van der Waals surface area contributed by atoms with E-state index < -0.39 is 27.3 Å². The van der Waals surface area contributed by atoms with E-state index in [1.807, 2.05) is 6.92 Å². The molecule has 0 radical (unpaired) electrons. The third-order valence-corrected chi connectivity index (χ3v) is 4.14. The Morgan fingerprint density at radius 3 is 2.41 bits per heavy atom. The fourth-order valence-corrected chi connectivity index (χ4v) is 2.66. The van der Waals surface area contributed by atoms with Gasteiger partial charge in [-0.15, -0.1) is 0 Å². The van der Waals surface area contributed by atoms with Crippen molar-refractivity contribution in [1.82, 2.24) is 4.72 Å². The third-order valence-electron chi connectivity index (χ3n) is 2.34. The van der Waals surface area contributed by atoms with E-state index in [1.54, 1.807) is 13.0 Å². The molecule has 17 heavy (non-hydrogen) atoms. The Kier molecular flexibility index (Phi) is 6.76.